The lowest BCUT2D eigenvalue weighted by atomic mass is 9.94. The number of fused-ring (bicyclic) bond motifs is 2. The predicted octanol–water partition coefficient (Wildman–Crippen LogP) is 2.99. The van der Waals surface area contributed by atoms with Gasteiger partial charge in [0.25, 0.3) is 5.91 Å². The summed E-state index contributed by atoms with van der Waals surface area (Å²) >= 11 is 0. The molecule has 4 amide bonds. The molecule has 0 unspecified atom stereocenters. The van der Waals surface area contributed by atoms with E-state index in [0.29, 0.717) is 35.5 Å². The van der Waals surface area contributed by atoms with Crippen LogP contribution in [0.3, 0.4) is 0 Å². The summed E-state index contributed by atoms with van der Waals surface area (Å²) in [5.41, 5.74) is 1.01. The third-order valence-corrected chi connectivity index (χ3v) is 6.04. The molecule has 2 aliphatic heterocycles. The SMILES string of the molecule is CNC(=O)C[C@H]1CC[C@H]2[C@H](COc3ccc(NC(=O)Nc4cccc(F)c4)cc3C(=O)N2C)O1. The summed E-state index contributed by atoms with van der Waals surface area (Å²) < 4.78 is 25.4. The van der Waals surface area contributed by atoms with Crippen LogP contribution in [0.1, 0.15) is 29.6 Å². The molecule has 2 heterocycles. The van der Waals surface area contributed by atoms with Crippen molar-refractivity contribution in [3.63, 3.8) is 0 Å². The first kappa shape index (κ1) is 23.5. The van der Waals surface area contributed by atoms with E-state index in [2.05, 4.69) is 16.0 Å². The average Bonchev–Trinajstić information content (AvgIpc) is 2.81. The lowest BCUT2D eigenvalue weighted by molar-refractivity contribution is -0.133. The van der Waals surface area contributed by atoms with Gasteiger partial charge in [-0.25, -0.2) is 9.18 Å². The summed E-state index contributed by atoms with van der Waals surface area (Å²) in [7, 11) is 3.30. The zero-order chi connectivity index (χ0) is 24.2. The quantitative estimate of drug-likeness (QED) is 0.637. The molecule has 0 spiro atoms. The van der Waals surface area contributed by atoms with Crippen LogP contribution in [0.4, 0.5) is 20.6 Å². The molecule has 0 saturated carbocycles. The minimum Gasteiger partial charge on any atom is -0.490 e. The fourth-order valence-electron chi connectivity index (χ4n) is 4.27. The van der Waals surface area contributed by atoms with Gasteiger partial charge in [0.2, 0.25) is 5.91 Å². The first-order valence-electron chi connectivity index (χ1n) is 11.1. The Labute approximate surface area is 196 Å². The second kappa shape index (κ2) is 10.1. The van der Waals surface area contributed by atoms with Crippen molar-refractivity contribution in [1.29, 1.82) is 0 Å². The topological polar surface area (TPSA) is 109 Å². The first-order chi connectivity index (χ1) is 16.3. The molecule has 9 nitrogen and oxygen atoms in total. The standard InChI is InChI=1S/C24H27FN4O5/c1-26-22(30)12-17-7-8-19-21(34-17)13-33-20-9-6-16(11-18(20)23(31)29(19)2)28-24(32)27-15-5-3-4-14(25)10-15/h3-6,9-11,17,19,21H,7-8,12-13H2,1-2H3,(H,26,30)(H2,27,28,32)/t17-,19+,21+/m1/s1. The summed E-state index contributed by atoms with van der Waals surface area (Å²) in [6, 6.07) is 9.56. The molecule has 1 fully saturated rings. The number of ether oxygens (including phenoxy) is 2. The number of likely N-dealkylation sites (N-methyl/N-ethyl adjacent to an activating group) is 1. The van der Waals surface area contributed by atoms with Crippen molar-refractivity contribution in [3.8, 4) is 5.75 Å². The number of halogens is 1. The minimum atomic E-state index is -0.569. The molecular weight excluding hydrogens is 443 g/mol. The molecule has 2 aliphatic rings. The predicted molar refractivity (Wildman–Crippen MR) is 123 cm³/mol. The highest BCUT2D eigenvalue weighted by Gasteiger charge is 2.39. The van der Waals surface area contributed by atoms with Crippen molar-refractivity contribution < 1.29 is 28.2 Å². The monoisotopic (exact) mass is 470 g/mol. The Morgan fingerprint density at radius 1 is 1.12 bits per heavy atom. The molecule has 3 N–H and O–H groups in total. The number of nitrogens with zero attached hydrogens (tertiary/aromatic N) is 1. The maximum atomic E-state index is 13.3. The zero-order valence-corrected chi connectivity index (χ0v) is 19.0. The lowest BCUT2D eigenvalue weighted by Crippen LogP contribution is -2.53. The van der Waals surface area contributed by atoms with Crippen LogP contribution in [0.15, 0.2) is 42.5 Å². The normalized spacial score (nSPS) is 21.8. The van der Waals surface area contributed by atoms with Gasteiger partial charge in [0.1, 0.15) is 24.3 Å². The molecule has 0 aromatic heterocycles. The van der Waals surface area contributed by atoms with Crippen LogP contribution in [0.5, 0.6) is 5.75 Å². The van der Waals surface area contributed by atoms with Gasteiger partial charge in [-0.2, -0.15) is 0 Å². The molecule has 0 bridgehead atoms. The third-order valence-electron chi connectivity index (χ3n) is 6.04. The van der Waals surface area contributed by atoms with E-state index >= 15 is 0 Å². The van der Waals surface area contributed by atoms with E-state index in [1.54, 1.807) is 43.3 Å². The molecule has 0 radical (unpaired) electrons. The van der Waals surface area contributed by atoms with Gasteiger partial charge < -0.3 is 30.3 Å². The van der Waals surface area contributed by atoms with Gasteiger partial charge in [-0.05, 0) is 49.2 Å². The van der Waals surface area contributed by atoms with E-state index in [1.807, 2.05) is 0 Å². The van der Waals surface area contributed by atoms with Crippen molar-refractivity contribution >= 4 is 29.2 Å². The van der Waals surface area contributed by atoms with Crippen molar-refractivity contribution in [2.75, 3.05) is 31.3 Å². The van der Waals surface area contributed by atoms with E-state index < -0.39 is 11.8 Å². The summed E-state index contributed by atoms with van der Waals surface area (Å²) in [5.74, 6) is -0.434. The number of urea groups is 1. The maximum absolute atomic E-state index is 13.3. The minimum absolute atomic E-state index is 0.0912. The van der Waals surface area contributed by atoms with Gasteiger partial charge >= 0.3 is 6.03 Å². The number of hydrogen-bond acceptors (Lipinski definition) is 5. The number of hydrogen-bond donors (Lipinski definition) is 3. The number of anilines is 2. The number of rotatable bonds is 4. The van der Waals surface area contributed by atoms with Gasteiger partial charge in [0, 0.05) is 25.5 Å². The molecule has 10 heteroatoms. The number of carbonyl (C=O) groups excluding carboxylic acids is 3. The van der Waals surface area contributed by atoms with Gasteiger partial charge in [-0.15, -0.1) is 0 Å². The van der Waals surface area contributed by atoms with Crippen molar-refractivity contribution in [1.82, 2.24) is 10.2 Å². The number of benzene rings is 2. The molecule has 180 valence electrons. The van der Waals surface area contributed by atoms with Crippen molar-refractivity contribution in [2.45, 2.75) is 37.5 Å². The Morgan fingerprint density at radius 3 is 2.62 bits per heavy atom. The van der Waals surface area contributed by atoms with E-state index in [-0.39, 0.29) is 43.1 Å². The van der Waals surface area contributed by atoms with E-state index in [9.17, 15) is 18.8 Å². The first-order valence-corrected chi connectivity index (χ1v) is 11.1. The number of carbonyl (C=O) groups is 3. The van der Waals surface area contributed by atoms with Crippen LogP contribution in [0.25, 0.3) is 0 Å². The zero-order valence-electron chi connectivity index (χ0n) is 19.0. The highest BCUT2D eigenvalue weighted by atomic mass is 19.1. The highest BCUT2D eigenvalue weighted by Crippen LogP contribution is 2.32. The van der Waals surface area contributed by atoms with E-state index in [4.69, 9.17) is 9.47 Å². The van der Waals surface area contributed by atoms with E-state index in [1.165, 1.54) is 18.2 Å². The summed E-state index contributed by atoms with van der Waals surface area (Å²) in [5, 5.41) is 7.81. The maximum Gasteiger partial charge on any atom is 0.323 e. The Hall–Kier alpha value is -3.66. The van der Waals surface area contributed by atoms with Gasteiger partial charge in [0.15, 0.2) is 0 Å². The van der Waals surface area contributed by atoms with Crippen LogP contribution < -0.4 is 20.7 Å². The molecule has 4 rings (SSSR count). The Morgan fingerprint density at radius 2 is 1.88 bits per heavy atom. The van der Waals surface area contributed by atoms with E-state index in [0.717, 1.165) is 0 Å². The van der Waals surface area contributed by atoms with Crippen LogP contribution in [-0.2, 0) is 9.53 Å². The molecule has 3 atom stereocenters. The highest BCUT2D eigenvalue weighted by molar-refractivity contribution is 6.02. The molecule has 0 aliphatic carbocycles. The molecule has 2 aromatic rings. The van der Waals surface area contributed by atoms with Crippen LogP contribution in [0, 0.1) is 5.82 Å². The van der Waals surface area contributed by atoms with Crippen LogP contribution in [-0.4, -0.2) is 61.7 Å². The Kier molecular flexibility index (Phi) is 6.97. The lowest BCUT2D eigenvalue weighted by Gasteiger charge is -2.42. The average molecular weight is 471 g/mol. The molecular formula is C24H27FN4O5. The summed E-state index contributed by atoms with van der Waals surface area (Å²) in [6.07, 6.45) is 1.01. The van der Waals surface area contributed by atoms with Gasteiger partial charge in [-0.1, -0.05) is 6.07 Å². The Balaban J connectivity index is 1.47. The third kappa shape index (κ3) is 5.28. The van der Waals surface area contributed by atoms with Crippen LogP contribution in [0.2, 0.25) is 0 Å². The van der Waals surface area contributed by atoms with Crippen molar-refractivity contribution in [2.24, 2.45) is 0 Å². The molecule has 2 aromatic carbocycles. The van der Waals surface area contributed by atoms with Gasteiger partial charge in [-0.3, -0.25) is 9.59 Å². The summed E-state index contributed by atoms with van der Waals surface area (Å²) in [6.45, 7) is 0.229. The second-order valence-corrected chi connectivity index (χ2v) is 8.35. The summed E-state index contributed by atoms with van der Waals surface area (Å²) in [4.78, 5) is 39.0. The van der Waals surface area contributed by atoms with Crippen molar-refractivity contribution in [3.05, 3.63) is 53.8 Å². The fraction of sp³-hybridized carbons (Fsp3) is 0.375. The number of nitrogens with one attached hydrogen (secondary N) is 3. The smallest absolute Gasteiger partial charge is 0.323 e. The van der Waals surface area contributed by atoms with Gasteiger partial charge in [0.05, 0.1) is 24.1 Å². The molecule has 1 saturated heterocycles. The van der Waals surface area contributed by atoms with Crippen LogP contribution >= 0.6 is 0 Å². The largest absolute Gasteiger partial charge is 0.490 e. The Bertz CT molecular complexity index is 1090. The molecule has 34 heavy (non-hydrogen) atoms. The number of amides is 4. The fourth-order valence-corrected chi connectivity index (χ4v) is 4.27. The second-order valence-electron chi connectivity index (χ2n) is 8.35.